The summed E-state index contributed by atoms with van der Waals surface area (Å²) in [6.07, 6.45) is 16.8. The highest BCUT2D eigenvalue weighted by Crippen LogP contribution is 2.51. The number of anilines is 3. The molecule has 12 heteroatoms. The number of amides is 4. The van der Waals surface area contributed by atoms with E-state index in [1.165, 1.54) is 12.8 Å². The van der Waals surface area contributed by atoms with Crippen LogP contribution in [0.4, 0.5) is 17.1 Å². The summed E-state index contributed by atoms with van der Waals surface area (Å²) in [6, 6.07) is 8.56. The molecule has 4 atom stereocenters. The van der Waals surface area contributed by atoms with Crippen LogP contribution in [-0.4, -0.2) is 71.8 Å². The van der Waals surface area contributed by atoms with Gasteiger partial charge in [-0.1, -0.05) is 106 Å². The van der Waals surface area contributed by atoms with Crippen LogP contribution in [-0.2, 0) is 34.8 Å². The van der Waals surface area contributed by atoms with Crippen molar-refractivity contribution >= 4 is 57.6 Å². The third-order valence-electron chi connectivity index (χ3n) is 17.6. The number of carbonyl (C=O) groups is 5. The van der Waals surface area contributed by atoms with E-state index in [4.69, 9.17) is 0 Å². The predicted molar refractivity (Wildman–Crippen MR) is 314 cm³/mol. The molecule has 2 aromatic rings. The van der Waals surface area contributed by atoms with Crippen LogP contribution < -0.4 is 41.3 Å². The molecule has 4 unspecified atom stereocenters. The van der Waals surface area contributed by atoms with Crippen molar-refractivity contribution in [3.05, 3.63) is 57.3 Å². The highest BCUT2D eigenvalue weighted by Gasteiger charge is 2.48. The van der Waals surface area contributed by atoms with Crippen LogP contribution in [0, 0.1) is 11.8 Å². The van der Waals surface area contributed by atoms with Crippen molar-refractivity contribution in [3.8, 4) is 0 Å². The van der Waals surface area contributed by atoms with Crippen LogP contribution in [0.5, 0.6) is 0 Å². The summed E-state index contributed by atoms with van der Waals surface area (Å²) in [5.41, 5.74) is 4.21. The summed E-state index contributed by atoms with van der Waals surface area (Å²) in [7, 11) is 0. The topological polar surface area (TPSA) is 160 Å². The van der Waals surface area contributed by atoms with Gasteiger partial charge in [0, 0.05) is 84.4 Å². The van der Waals surface area contributed by atoms with E-state index in [-0.39, 0.29) is 94.2 Å². The van der Waals surface area contributed by atoms with Gasteiger partial charge in [-0.15, -0.1) is 0 Å². The fourth-order valence-electron chi connectivity index (χ4n) is 12.0. The van der Waals surface area contributed by atoms with Crippen LogP contribution >= 0.6 is 0 Å². The standard InChI is InChI=1S/C64H100N6O6/c1-15-19-29-45(17-3)39-65-55(71)31-25-21-23-27-33-57(73)67-51-37-53-49(63(11,12)43(9)69(53)41(5)6)35-47(51)59-61(75)60(62(59)76)48-36-50-54(70(42(7)8)44(10)64(50,13)14)38-52(48)68-58(74)34-28-24-22-26-32-56(72)66-40-46(18-4)30-20-16-2/h35-38,41-46H,15-34,39-40H2,1-14H3,(H4,65,66,67,68,71,72,73,74,75,76)/p+1. The average molecular weight is 1050 g/mol. The maximum absolute atomic E-state index is 15.0. The van der Waals surface area contributed by atoms with Crippen molar-refractivity contribution < 1.29 is 29.1 Å². The normalized spacial score (nSPS) is 18.9. The first-order valence-corrected chi connectivity index (χ1v) is 30.0. The molecule has 0 fully saturated rings. The number of nitrogens with one attached hydrogen (secondary N) is 4. The minimum absolute atomic E-state index is 0.0938. The molecule has 0 radical (unpaired) electrons. The Hall–Kier alpha value is -5.00. The van der Waals surface area contributed by atoms with Crippen molar-refractivity contribution in [1.82, 2.24) is 15.2 Å². The first kappa shape index (κ1) is 61.8. The van der Waals surface area contributed by atoms with Gasteiger partial charge < -0.3 is 31.3 Å². The molecule has 12 nitrogen and oxygen atoms in total. The minimum Gasteiger partial charge on any atom is -0.506 e. The van der Waals surface area contributed by atoms with E-state index in [9.17, 15) is 29.1 Å². The Balaban J connectivity index is 1.39. The van der Waals surface area contributed by atoms with Gasteiger partial charge in [-0.05, 0) is 130 Å². The highest BCUT2D eigenvalue weighted by molar-refractivity contribution is 6.52. The van der Waals surface area contributed by atoms with E-state index in [0.717, 1.165) is 112 Å². The Morgan fingerprint density at radius 3 is 1.55 bits per heavy atom. The van der Waals surface area contributed by atoms with Crippen molar-refractivity contribution in [1.29, 1.82) is 0 Å². The Kier molecular flexibility index (Phi) is 22.8. The van der Waals surface area contributed by atoms with Crippen LogP contribution in [0.15, 0.2) is 30.0 Å². The lowest BCUT2D eigenvalue weighted by Crippen LogP contribution is -2.42. The maximum Gasteiger partial charge on any atom is 0.224 e. The molecular weight excluding hydrogens is 949 g/mol. The van der Waals surface area contributed by atoms with E-state index in [1.54, 1.807) is 0 Å². The number of carbonyl (C=O) groups excluding carboxylic acids is 5. The Bertz CT molecular complexity index is 2540. The van der Waals surface area contributed by atoms with Gasteiger partial charge in [-0.3, -0.25) is 24.0 Å². The largest absolute Gasteiger partial charge is 0.506 e. The summed E-state index contributed by atoms with van der Waals surface area (Å²) in [4.78, 5) is 70.3. The number of nitrogens with zero attached hydrogens (tertiary/aromatic N) is 2. The lowest BCUT2D eigenvalue weighted by atomic mass is 9.76. The molecule has 0 aromatic heterocycles. The van der Waals surface area contributed by atoms with Crippen LogP contribution in [0.1, 0.15) is 242 Å². The number of hydrogen-bond acceptors (Lipinski definition) is 7. The van der Waals surface area contributed by atoms with Crippen LogP contribution in [0.3, 0.4) is 0 Å². The van der Waals surface area contributed by atoms with Crippen molar-refractivity contribution in [2.24, 2.45) is 11.8 Å². The quantitative estimate of drug-likeness (QED) is 0.0371. The lowest BCUT2D eigenvalue weighted by molar-refractivity contribution is -0.122. The summed E-state index contributed by atoms with van der Waals surface area (Å²) >= 11 is 0. The maximum atomic E-state index is 15.0. The number of aliphatic hydroxyl groups is 1. The van der Waals surface area contributed by atoms with Gasteiger partial charge in [0.1, 0.15) is 11.8 Å². The number of unbranched alkanes of at least 4 members (excludes halogenated alkanes) is 8. The Morgan fingerprint density at radius 1 is 0.618 bits per heavy atom. The minimum atomic E-state index is -0.344. The van der Waals surface area contributed by atoms with E-state index in [2.05, 4.69) is 128 Å². The van der Waals surface area contributed by atoms with Gasteiger partial charge in [0.2, 0.25) is 34.8 Å². The zero-order valence-electron chi connectivity index (χ0n) is 49.7. The molecule has 2 aliphatic heterocycles. The number of allylic oxidation sites excluding steroid dienone is 2. The van der Waals surface area contributed by atoms with Crippen LogP contribution in [0.25, 0.3) is 11.1 Å². The molecule has 2 aromatic carbocycles. The molecular formula is C64H101N6O6+. The van der Waals surface area contributed by atoms with E-state index in [1.807, 2.05) is 24.3 Å². The third kappa shape index (κ3) is 14.8. The molecule has 1 aliphatic carbocycles. The van der Waals surface area contributed by atoms with Crippen molar-refractivity contribution in [2.45, 2.75) is 260 Å². The number of fused-ring (bicyclic) bond motifs is 2. The van der Waals surface area contributed by atoms with E-state index in [0.29, 0.717) is 59.7 Å². The number of hydrogen-bond donors (Lipinski definition) is 5. The van der Waals surface area contributed by atoms with Gasteiger partial charge in [-0.25, -0.2) is 4.58 Å². The molecule has 5 N–H and O–H groups in total. The van der Waals surface area contributed by atoms with Gasteiger partial charge in [0.15, 0.2) is 6.04 Å². The highest BCUT2D eigenvalue weighted by atomic mass is 16.3. The summed E-state index contributed by atoms with van der Waals surface area (Å²) in [6.45, 7) is 32.1. The smallest absolute Gasteiger partial charge is 0.224 e. The van der Waals surface area contributed by atoms with Gasteiger partial charge in [0.05, 0.1) is 27.9 Å². The number of aliphatic hydroxyl groups excluding tert-OH is 1. The molecule has 0 spiro atoms. The fourth-order valence-corrected chi connectivity index (χ4v) is 12.0. The fraction of sp³-hybridized carbons (Fsp3) is 0.688. The zero-order valence-corrected chi connectivity index (χ0v) is 49.7. The number of ketones is 1. The number of Topliss-reactive ketones (excluding diaryl/α,β-unsaturated/α-hetero) is 1. The van der Waals surface area contributed by atoms with Gasteiger partial charge in [-0.2, -0.15) is 0 Å². The summed E-state index contributed by atoms with van der Waals surface area (Å²) in [5, 5.41) is 26.5. The molecule has 4 amide bonds. The van der Waals surface area contributed by atoms with Crippen molar-refractivity contribution in [3.63, 3.8) is 0 Å². The molecule has 0 saturated carbocycles. The van der Waals surface area contributed by atoms with Gasteiger partial charge >= 0.3 is 0 Å². The Morgan fingerprint density at radius 2 is 1.11 bits per heavy atom. The second-order valence-corrected chi connectivity index (χ2v) is 24.4. The van der Waals surface area contributed by atoms with Crippen LogP contribution in [0.2, 0.25) is 0 Å². The molecule has 2 heterocycles. The SMILES string of the molecule is CCCCC(CC)CNC(=O)CCCCCCC(=O)Nc1cc2c(cc1C1=C(O)C(=c3cc4c(cc3NC(=O)CCCCCCC(=O)NCC(CC)CCCC)=[N+](C(C)C)C(C)C4(C)C)C1=O)C(C)(C)C(C)N2C(C)C. The first-order valence-electron chi connectivity index (χ1n) is 30.0. The van der Waals surface area contributed by atoms with Gasteiger partial charge in [0.25, 0.3) is 0 Å². The summed E-state index contributed by atoms with van der Waals surface area (Å²) < 4.78 is 2.37. The third-order valence-corrected chi connectivity index (χ3v) is 17.6. The predicted octanol–water partition coefficient (Wildman–Crippen LogP) is 12.1. The average Bonchev–Trinajstić information content (AvgIpc) is 3.69. The second kappa shape index (κ2) is 28.1. The monoisotopic (exact) mass is 1050 g/mol. The molecule has 0 saturated heterocycles. The molecule has 422 valence electrons. The molecule has 76 heavy (non-hydrogen) atoms. The van der Waals surface area contributed by atoms with E-state index >= 15 is 0 Å². The number of rotatable bonds is 31. The second-order valence-electron chi connectivity index (χ2n) is 24.4. The summed E-state index contributed by atoms with van der Waals surface area (Å²) in [5.74, 6) is 0.382. The van der Waals surface area contributed by atoms with Crippen molar-refractivity contribution in [2.75, 3.05) is 28.6 Å². The van der Waals surface area contributed by atoms with E-state index < -0.39 is 0 Å². The first-order chi connectivity index (χ1) is 36.0. The molecule has 5 rings (SSSR count). The Labute approximate surface area is 458 Å². The molecule has 3 aliphatic rings. The zero-order chi connectivity index (χ0) is 56.1. The lowest BCUT2D eigenvalue weighted by Gasteiger charge is -2.34. The molecule has 0 bridgehead atoms. The number of benzene rings is 2.